The molecule has 0 amide bonds. The summed E-state index contributed by atoms with van der Waals surface area (Å²) in [6.07, 6.45) is 3.48. The van der Waals surface area contributed by atoms with Crippen LogP contribution < -0.4 is 0 Å². The summed E-state index contributed by atoms with van der Waals surface area (Å²) in [6.45, 7) is 7.55. The van der Waals surface area contributed by atoms with E-state index in [0.717, 1.165) is 19.0 Å². The molecule has 1 aromatic rings. The number of ether oxygens (including phenoxy) is 1. The van der Waals surface area contributed by atoms with E-state index in [0.29, 0.717) is 12.2 Å². The van der Waals surface area contributed by atoms with Crippen molar-refractivity contribution in [2.75, 3.05) is 13.1 Å². The highest BCUT2D eigenvalue weighted by Crippen LogP contribution is 2.33. The first-order chi connectivity index (χ1) is 8.20. The largest absolute Gasteiger partial charge is 0.374 e. The lowest BCUT2D eigenvalue weighted by molar-refractivity contribution is -0.00301. The molecule has 17 heavy (non-hydrogen) atoms. The second-order valence-electron chi connectivity index (χ2n) is 5.36. The molecule has 0 aliphatic carbocycles. The molecule has 0 radical (unpaired) electrons. The normalized spacial score (nSPS) is 33.9. The molecule has 0 unspecified atom stereocenters. The number of thiazole rings is 1. The van der Waals surface area contributed by atoms with E-state index < -0.39 is 0 Å². The Hall–Kier alpha value is -0.450. The average Bonchev–Trinajstić information content (AvgIpc) is 2.83. The molecule has 0 N–H and O–H groups in total. The second kappa shape index (κ2) is 4.67. The van der Waals surface area contributed by atoms with Crippen LogP contribution in [0.25, 0.3) is 0 Å². The number of hydrogen-bond acceptors (Lipinski definition) is 4. The fourth-order valence-electron chi connectivity index (χ4n) is 3.09. The predicted molar refractivity (Wildman–Crippen MR) is 69.2 cm³/mol. The van der Waals surface area contributed by atoms with Crippen LogP contribution in [-0.2, 0) is 11.3 Å². The molecule has 3 nitrogen and oxygen atoms in total. The monoisotopic (exact) mass is 252 g/mol. The third kappa shape index (κ3) is 2.54. The van der Waals surface area contributed by atoms with Gasteiger partial charge in [0.25, 0.3) is 0 Å². The van der Waals surface area contributed by atoms with E-state index in [2.05, 4.69) is 29.1 Å². The smallest absolute Gasteiger partial charge is 0.0897 e. The lowest BCUT2D eigenvalue weighted by atomic mass is 9.92. The zero-order chi connectivity index (χ0) is 11.8. The molecule has 3 atom stereocenters. The van der Waals surface area contributed by atoms with Crippen molar-refractivity contribution in [3.63, 3.8) is 0 Å². The SMILES string of the molecule is Cc1nc(CN2CC[C@@H]3C[C@H](C)O[C@H]3C2)cs1. The Kier molecular flexibility index (Phi) is 3.19. The number of rotatable bonds is 2. The van der Waals surface area contributed by atoms with Crippen molar-refractivity contribution >= 4 is 11.3 Å². The zero-order valence-electron chi connectivity index (χ0n) is 10.6. The van der Waals surface area contributed by atoms with Gasteiger partial charge in [-0.15, -0.1) is 11.3 Å². The Bertz CT molecular complexity index is 393. The van der Waals surface area contributed by atoms with Gasteiger partial charge in [0.2, 0.25) is 0 Å². The maximum atomic E-state index is 5.98. The van der Waals surface area contributed by atoms with Gasteiger partial charge in [0, 0.05) is 18.5 Å². The second-order valence-corrected chi connectivity index (χ2v) is 6.42. The summed E-state index contributed by atoms with van der Waals surface area (Å²) in [6, 6.07) is 0. The standard InChI is InChI=1S/C13H20N2OS/c1-9-5-11-3-4-15(7-13(11)16-9)6-12-8-17-10(2)14-12/h8-9,11,13H,3-7H2,1-2H3/t9-,11+,13-/m0/s1. The van der Waals surface area contributed by atoms with Crippen molar-refractivity contribution in [3.05, 3.63) is 16.1 Å². The number of piperidine rings is 1. The summed E-state index contributed by atoms with van der Waals surface area (Å²) in [5, 5.41) is 3.35. The zero-order valence-corrected chi connectivity index (χ0v) is 11.4. The minimum absolute atomic E-state index is 0.464. The Labute approximate surface area is 107 Å². The number of nitrogens with zero attached hydrogens (tertiary/aromatic N) is 2. The Morgan fingerprint density at radius 2 is 2.47 bits per heavy atom. The van der Waals surface area contributed by atoms with Crippen molar-refractivity contribution in [1.82, 2.24) is 9.88 Å². The maximum absolute atomic E-state index is 5.98. The van der Waals surface area contributed by atoms with Crippen LogP contribution in [0.3, 0.4) is 0 Å². The number of fused-ring (bicyclic) bond motifs is 1. The van der Waals surface area contributed by atoms with E-state index in [1.807, 2.05) is 0 Å². The molecule has 3 heterocycles. The summed E-state index contributed by atoms with van der Waals surface area (Å²) >= 11 is 1.74. The lowest BCUT2D eigenvalue weighted by Crippen LogP contribution is -2.41. The fraction of sp³-hybridized carbons (Fsp3) is 0.769. The van der Waals surface area contributed by atoms with Crippen LogP contribution in [0, 0.1) is 12.8 Å². The molecule has 3 rings (SSSR count). The number of hydrogen-bond donors (Lipinski definition) is 0. The van der Waals surface area contributed by atoms with Crippen LogP contribution in [0.5, 0.6) is 0 Å². The molecular formula is C13H20N2OS. The molecule has 1 aromatic heterocycles. The van der Waals surface area contributed by atoms with Gasteiger partial charge in [0.15, 0.2) is 0 Å². The molecule has 2 saturated heterocycles. The molecule has 94 valence electrons. The summed E-state index contributed by atoms with van der Waals surface area (Å²) in [5.41, 5.74) is 1.22. The highest BCUT2D eigenvalue weighted by atomic mass is 32.1. The van der Waals surface area contributed by atoms with Crippen molar-refractivity contribution in [2.45, 2.75) is 45.4 Å². The van der Waals surface area contributed by atoms with Crippen molar-refractivity contribution in [1.29, 1.82) is 0 Å². The Morgan fingerprint density at radius 3 is 3.24 bits per heavy atom. The maximum Gasteiger partial charge on any atom is 0.0897 e. The average molecular weight is 252 g/mol. The first-order valence-corrected chi connectivity index (χ1v) is 7.37. The van der Waals surface area contributed by atoms with Crippen molar-refractivity contribution < 1.29 is 4.74 Å². The molecule has 0 saturated carbocycles. The van der Waals surface area contributed by atoms with E-state index in [1.54, 1.807) is 11.3 Å². The summed E-state index contributed by atoms with van der Waals surface area (Å²) in [4.78, 5) is 7.04. The van der Waals surface area contributed by atoms with Gasteiger partial charge in [0.05, 0.1) is 22.9 Å². The highest BCUT2D eigenvalue weighted by Gasteiger charge is 2.37. The van der Waals surface area contributed by atoms with Crippen molar-refractivity contribution in [3.8, 4) is 0 Å². The van der Waals surface area contributed by atoms with E-state index in [-0.39, 0.29) is 0 Å². The Balaban J connectivity index is 1.59. The molecule has 0 spiro atoms. The number of aryl methyl sites for hydroxylation is 1. The van der Waals surface area contributed by atoms with Gasteiger partial charge in [-0.3, -0.25) is 4.90 Å². The van der Waals surface area contributed by atoms with Crippen molar-refractivity contribution in [2.24, 2.45) is 5.92 Å². The minimum atomic E-state index is 0.464. The van der Waals surface area contributed by atoms with Crippen LogP contribution >= 0.6 is 11.3 Å². The molecule has 2 aliphatic heterocycles. The van der Waals surface area contributed by atoms with E-state index in [1.165, 1.54) is 30.1 Å². The molecule has 2 aliphatic rings. The van der Waals surface area contributed by atoms with Crippen LogP contribution in [-0.4, -0.2) is 35.2 Å². The summed E-state index contributed by atoms with van der Waals surface area (Å²) in [7, 11) is 0. The first-order valence-electron chi connectivity index (χ1n) is 6.49. The van der Waals surface area contributed by atoms with E-state index in [9.17, 15) is 0 Å². The molecule has 0 aromatic carbocycles. The van der Waals surface area contributed by atoms with Gasteiger partial charge in [-0.2, -0.15) is 0 Å². The van der Waals surface area contributed by atoms with Gasteiger partial charge < -0.3 is 4.74 Å². The lowest BCUT2D eigenvalue weighted by Gasteiger charge is -2.33. The van der Waals surface area contributed by atoms with Crippen LogP contribution in [0.2, 0.25) is 0 Å². The number of aromatic nitrogens is 1. The summed E-state index contributed by atoms with van der Waals surface area (Å²) < 4.78 is 5.98. The highest BCUT2D eigenvalue weighted by molar-refractivity contribution is 7.09. The quantitative estimate of drug-likeness (QED) is 0.808. The number of likely N-dealkylation sites (tertiary alicyclic amines) is 1. The van der Waals surface area contributed by atoms with E-state index >= 15 is 0 Å². The first kappa shape index (κ1) is 11.6. The van der Waals surface area contributed by atoms with Crippen LogP contribution in [0.4, 0.5) is 0 Å². The van der Waals surface area contributed by atoms with Gasteiger partial charge in [-0.1, -0.05) is 0 Å². The molecule has 2 fully saturated rings. The van der Waals surface area contributed by atoms with E-state index in [4.69, 9.17) is 4.74 Å². The van der Waals surface area contributed by atoms with Gasteiger partial charge in [-0.05, 0) is 39.2 Å². The van der Waals surface area contributed by atoms with Gasteiger partial charge in [0.1, 0.15) is 0 Å². The minimum Gasteiger partial charge on any atom is -0.374 e. The van der Waals surface area contributed by atoms with Crippen LogP contribution in [0.15, 0.2) is 5.38 Å². The topological polar surface area (TPSA) is 25.4 Å². The van der Waals surface area contributed by atoms with Gasteiger partial charge in [-0.25, -0.2) is 4.98 Å². The fourth-order valence-corrected chi connectivity index (χ4v) is 3.69. The molecule has 4 heteroatoms. The third-order valence-corrected chi connectivity index (χ3v) is 4.70. The molecule has 0 bridgehead atoms. The Morgan fingerprint density at radius 1 is 1.59 bits per heavy atom. The third-order valence-electron chi connectivity index (χ3n) is 3.87. The predicted octanol–water partition coefficient (Wildman–Crippen LogP) is 2.45. The van der Waals surface area contributed by atoms with Gasteiger partial charge >= 0.3 is 0 Å². The molecular weight excluding hydrogens is 232 g/mol. The summed E-state index contributed by atoms with van der Waals surface area (Å²) in [5.74, 6) is 0.804. The van der Waals surface area contributed by atoms with Crippen LogP contribution in [0.1, 0.15) is 30.5 Å².